The molecule has 0 atom stereocenters. The molecule has 2 heteroatoms. The zero-order valence-electron chi connectivity index (χ0n) is 16.4. The highest BCUT2D eigenvalue weighted by atomic mass is 15.0. The molecule has 2 nitrogen and oxygen atoms in total. The van der Waals surface area contributed by atoms with Crippen LogP contribution in [0.15, 0.2) is 115 Å². The molecule has 0 bridgehead atoms. The number of benzene rings is 5. The van der Waals surface area contributed by atoms with Gasteiger partial charge >= 0.3 is 0 Å². The van der Waals surface area contributed by atoms with Crippen molar-refractivity contribution in [3.8, 4) is 5.69 Å². The van der Waals surface area contributed by atoms with Crippen LogP contribution in [0, 0.1) is 0 Å². The molecular formula is C28H20N2. The fraction of sp³-hybridized carbons (Fsp3) is 0. The summed E-state index contributed by atoms with van der Waals surface area (Å²) in [5, 5.41) is 8.64. The molecule has 30 heavy (non-hydrogen) atoms. The molecule has 0 spiro atoms. The van der Waals surface area contributed by atoms with Gasteiger partial charge in [-0.15, -0.1) is 0 Å². The average molecular weight is 384 g/mol. The molecule has 0 aliphatic rings. The van der Waals surface area contributed by atoms with E-state index in [4.69, 9.17) is 0 Å². The van der Waals surface area contributed by atoms with E-state index in [0.29, 0.717) is 0 Å². The summed E-state index contributed by atoms with van der Waals surface area (Å²) >= 11 is 0. The minimum atomic E-state index is 1.09. The summed E-state index contributed by atoms with van der Waals surface area (Å²) in [5.74, 6) is 0. The Hall–Kier alpha value is -4.04. The fourth-order valence-corrected chi connectivity index (χ4v) is 4.39. The Morgan fingerprint density at radius 3 is 1.97 bits per heavy atom. The second-order valence-corrected chi connectivity index (χ2v) is 7.58. The monoisotopic (exact) mass is 384 g/mol. The van der Waals surface area contributed by atoms with Crippen molar-refractivity contribution in [3.05, 3.63) is 115 Å². The van der Waals surface area contributed by atoms with Crippen molar-refractivity contribution in [2.24, 2.45) is 0 Å². The van der Waals surface area contributed by atoms with Gasteiger partial charge in [-0.25, -0.2) is 0 Å². The van der Waals surface area contributed by atoms with Gasteiger partial charge in [0.05, 0.1) is 11.0 Å². The van der Waals surface area contributed by atoms with Crippen LogP contribution in [0.4, 0.5) is 11.4 Å². The summed E-state index contributed by atoms with van der Waals surface area (Å²) in [7, 11) is 0. The molecular weight excluding hydrogens is 364 g/mol. The van der Waals surface area contributed by atoms with Crippen LogP contribution in [0.5, 0.6) is 0 Å². The van der Waals surface area contributed by atoms with Gasteiger partial charge in [0.1, 0.15) is 0 Å². The van der Waals surface area contributed by atoms with Crippen molar-refractivity contribution < 1.29 is 0 Å². The lowest BCUT2D eigenvalue weighted by atomic mass is 10.1. The summed E-state index contributed by atoms with van der Waals surface area (Å²) in [6.07, 6.45) is 0. The third-order valence-corrected chi connectivity index (χ3v) is 5.72. The fourth-order valence-electron chi connectivity index (χ4n) is 4.39. The van der Waals surface area contributed by atoms with Crippen molar-refractivity contribution in [1.29, 1.82) is 0 Å². The molecule has 0 saturated carbocycles. The molecule has 5 aromatic carbocycles. The number of nitrogens with zero attached hydrogens (tertiary/aromatic N) is 1. The quantitative estimate of drug-likeness (QED) is 0.331. The van der Waals surface area contributed by atoms with Crippen molar-refractivity contribution in [3.63, 3.8) is 0 Å². The summed E-state index contributed by atoms with van der Waals surface area (Å²) in [6, 6.07) is 40.7. The molecule has 1 heterocycles. The van der Waals surface area contributed by atoms with Crippen molar-refractivity contribution in [2.75, 3.05) is 5.32 Å². The maximum absolute atomic E-state index is 3.64. The van der Waals surface area contributed by atoms with Crippen LogP contribution in [-0.4, -0.2) is 4.57 Å². The van der Waals surface area contributed by atoms with E-state index in [-0.39, 0.29) is 0 Å². The first-order valence-electron chi connectivity index (χ1n) is 10.2. The highest BCUT2D eigenvalue weighted by Gasteiger charge is 2.16. The molecule has 6 aromatic rings. The van der Waals surface area contributed by atoms with E-state index in [1.165, 1.54) is 38.3 Å². The normalized spacial score (nSPS) is 11.3. The van der Waals surface area contributed by atoms with Crippen LogP contribution in [0.3, 0.4) is 0 Å². The van der Waals surface area contributed by atoms with Gasteiger partial charge in [0, 0.05) is 27.8 Å². The molecule has 0 aliphatic carbocycles. The first-order chi connectivity index (χ1) is 14.9. The van der Waals surface area contributed by atoms with Crippen molar-refractivity contribution in [1.82, 2.24) is 4.57 Å². The van der Waals surface area contributed by atoms with E-state index in [9.17, 15) is 0 Å². The third kappa shape index (κ3) is 2.66. The lowest BCUT2D eigenvalue weighted by Crippen LogP contribution is -1.94. The van der Waals surface area contributed by atoms with E-state index < -0.39 is 0 Å². The topological polar surface area (TPSA) is 17.0 Å². The van der Waals surface area contributed by atoms with Crippen LogP contribution in [0.1, 0.15) is 0 Å². The second-order valence-electron chi connectivity index (χ2n) is 7.58. The molecule has 0 radical (unpaired) electrons. The first kappa shape index (κ1) is 16.9. The van der Waals surface area contributed by atoms with Gasteiger partial charge < -0.3 is 9.88 Å². The van der Waals surface area contributed by atoms with Crippen molar-refractivity contribution >= 4 is 44.0 Å². The lowest BCUT2D eigenvalue weighted by Gasteiger charge is -2.10. The van der Waals surface area contributed by atoms with Gasteiger partial charge in [0.25, 0.3) is 0 Å². The van der Waals surface area contributed by atoms with E-state index in [1.807, 2.05) is 6.07 Å². The standard InChI is InChI=1S/C28H20N2/c1-3-12-22(13-4-1)29-25-16-9-17-26-28(25)24-18-20-10-7-8-11-21(20)19-27(24)30(26)23-14-5-2-6-15-23/h1-19,29H. The molecule has 1 N–H and O–H groups in total. The van der Waals surface area contributed by atoms with Crippen LogP contribution < -0.4 is 5.32 Å². The number of para-hydroxylation sites is 2. The van der Waals surface area contributed by atoms with E-state index >= 15 is 0 Å². The van der Waals surface area contributed by atoms with Crippen molar-refractivity contribution in [2.45, 2.75) is 0 Å². The number of anilines is 2. The Kier molecular flexibility index (Phi) is 3.82. The maximum Gasteiger partial charge on any atom is 0.0562 e. The van der Waals surface area contributed by atoms with Gasteiger partial charge in [-0.3, -0.25) is 0 Å². The Morgan fingerprint density at radius 2 is 1.20 bits per heavy atom. The molecule has 0 amide bonds. The van der Waals surface area contributed by atoms with Gasteiger partial charge in [-0.2, -0.15) is 0 Å². The Bertz CT molecular complexity index is 1500. The molecule has 0 unspecified atom stereocenters. The Morgan fingerprint density at radius 1 is 0.533 bits per heavy atom. The summed E-state index contributed by atoms with van der Waals surface area (Å²) < 4.78 is 2.37. The summed E-state index contributed by atoms with van der Waals surface area (Å²) in [5.41, 5.74) is 5.80. The SMILES string of the molecule is c1ccc(Nc2cccc3c2c2cc4ccccc4cc2n3-c2ccccc2)cc1. The molecule has 0 saturated heterocycles. The number of fused-ring (bicyclic) bond motifs is 4. The third-order valence-electron chi connectivity index (χ3n) is 5.72. The molecule has 1 aromatic heterocycles. The summed E-state index contributed by atoms with van der Waals surface area (Å²) in [4.78, 5) is 0. The van der Waals surface area contributed by atoms with Gasteiger partial charge in [-0.1, -0.05) is 66.7 Å². The van der Waals surface area contributed by atoms with Crippen LogP contribution in [-0.2, 0) is 0 Å². The van der Waals surface area contributed by atoms with Gasteiger partial charge in [0.15, 0.2) is 0 Å². The van der Waals surface area contributed by atoms with E-state index in [1.54, 1.807) is 0 Å². The molecule has 0 fully saturated rings. The zero-order chi connectivity index (χ0) is 19.9. The van der Waals surface area contributed by atoms with Crippen LogP contribution in [0.2, 0.25) is 0 Å². The van der Waals surface area contributed by atoms with E-state index in [2.05, 4.69) is 119 Å². The number of hydrogen-bond donors (Lipinski definition) is 1. The largest absolute Gasteiger partial charge is 0.355 e. The minimum absolute atomic E-state index is 1.09. The number of rotatable bonds is 3. The summed E-state index contributed by atoms with van der Waals surface area (Å²) in [6.45, 7) is 0. The Balaban J connectivity index is 1.73. The first-order valence-corrected chi connectivity index (χ1v) is 10.2. The number of hydrogen-bond acceptors (Lipinski definition) is 1. The predicted octanol–water partition coefficient (Wildman–Crippen LogP) is 7.68. The van der Waals surface area contributed by atoms with Crippen LogP contribution in [0.25, 0.3) is 38.3 Å². The maximum atomic E-state index is 3.64. The van der Waals surface area contributed by atoms with Gasteiger partial charge in [0.2, 0.25) is 0 Å². The predicted molar refractivity (Wildman–Crippen MR) is 128 cm³/mol. The number of nitrogens with one attached hydrogen (secondary N) is 1. The average Bonchev–Trinajstić information content (AvgIpc) is 3.13. The lowest BCUT2D eigenvalue weighted by molar-refractivity contribution is 1.18. The molecule has 142 valence electrons. The van der Waals surface area contributed by atoms with Crippen LogP contribution >= 0.6 is 0 Å². The highest BCUT2D eigenvalue weighted by Crippen LogP contribution is 2.39. The van der Waals surface area contributed by atoms with E-state index in [0.717, 1.165) is 11.4 Å². The molecule has 6 rings (SSSR count). The Labute approximate surface area is 175 Å². The molecule has 0 aliphatic heterocycles. The van der Waals surface area contributed by atoms with Gasteiger partial charge in [-0.05, 0) is 59.3 Å². The number of aromatic nitrogens is 1. The zero-order valence-corrected chi connectivity index (χ0v) is 16.4. The smallest absolute Gasteiger partial charge is 0.0562 e. The second kappa shape index (κ2) is 6.78. The highest BCUT2D eigenvalue weighted by molar-refractivity contribution is 6.18. The minimum Gasteiger partial charge on any atom is -0.355 e.